The number of nitrogens with zero attached hydrogens (tertiary/aromatic N) is 1. The summed E-state index contributed by atoms with van der Waals surface area (Å²) in [5.74, 6) is 0. The molecule has 0 fully saturated rings. The number of benzene rings is 1. The topological polar surface area (TPSA) is 3.24 Å². The number of hydrogen-bond donors (Lipinski definition) is 0. The molecule has 1 nitrogen and oxygen atoms in total. The monoisotopic (exact) mass is 273 g/mol. The van der Waals surface area contributed by atoms with E-state index in [2.05, 4.69) is 36.1 Å². The smallest absolute Gasteiger partial charge is 0.0236 e. The summed E-state index contributed by atoms with van der Waals surface area (Å²) in [6.45, 7) is 6.01. The standard InChI is InChI=1S/C19H31N/c1-2-3-4-5-6-7-8-11-15-20-16-14-18-12-9-10-13-19(18)17-20/h9-10,12-13H,2-8,11,14-17H2,1H3. The third kappa shape index (κ3) is 5.28. The van der Waals surface area contributed by atoms with Crippen LogP contribution in [-0.2, 0) is 13.0 Å². The minimum absolute atomic E-state index is 1.17. The van der Waals surface area contributed by atoms with E-state index in [4.69, 9.17) is 0 Å². The third-order valence-electron chi connectivity index (χ3n) is 4.54. The molecule has 1 heteroatoms. The summed E-state index contributed by atoms with van der Waals surface area (Å²) in [5, 5.41) is 0. The first-order chi connectivity index (χ1) is 9.90. The molecule has 0 unspecified atom stereocenters. The largest absolute Gasteiger partial charge is 0.299 e. The van der Waals surface area contributed by atoms with Crippen molar-refractivity contribution in [3.05, 3.63) is 35.4 Å². The van der Waals surface area contributed by atoms with Crippen LogP contribution in [-0.4, -0.2) is 18.0 Å². The lowest BCUT2D eigenvalue weighted by Crippen LogP contribution is -2.31. The highest BCUT2D eigenvalue weighted by atomic mass is 15.1. The Morgan fingerprint density at radius 3 is 2.25 bits per heavy atom. The van der Waals surface area contributed by atoms with Gasteiger partial charge in [0.05, 0.1) is 0 Å². The summed E-state index contributed by atoms with van der Waals surface area (Å²) in [7, 11) is 0. The predicted molar refractivity (Wildman–Crippen MR) is 88.0 cm³/mol. The molecule has 20 heavy (non-hydrogen) atoms. The fourth-order valence-electron chi connectivity index (χ4n) is 3.21. The first-order valence-electron chi connectivity index (χ1n) is 8.69. The van der Waals surface area contributed by atoms with E-state index in [1.807, 2.05) is 0 Å². The Hall–Kier alpha value is -0.820. The maximum absolute atomic E-state index is 2.64. The van der Waals surface area contributed by atoms with Crippen LogP contribution in [0, 0.1) is 0 Å². The quantitative estimate of drug-likeness (QED) is 0.560. The molecule has 0 spiro atoms. The van der Waals surface area contributed by atoms with Gasteiger partial charge >= 0.3 is 0 Å². The molecule has 1 heterocycles. The second kappa shape index (κ2) is 9.18. The highest BCUT2D eigenvalue weighted by Gasteiger charge is 2.14. The van der Waals surface area contributed by atoms with E-state index in [0.717, 1.165) is 0 Å². The van der Waals surface area contributed by atoms with Crippen molar-refractivity contribution < 1.29 is 0 Å². The number of hydrogen-bond acceptors (Lipinski definition) is 1. The molecule has 0 amide bonds. The van der Waals surface area contributed by atoms with Crippen LogP contribution in [0.25, 0.3) is 0 Å². The summed E-state index contributed by atoms with van der Waals surface area (Å²) in [6.07, 6.45) is 12.6. The fourth-order valence-corrected chi connectivity index (χ4v) is 3.21. The molecule has 0 bridgehead atoms. The molecular formula is C19H31N. The van der Waals surface area contributed by atoms with Crippen LogP contribution in [0.2, 0.25) is 0 Å². The zero-order valence-electron chi connectivity index (χ0n) is 13.2. The highest BCUT2D eigenvalue weighted by molar-refractivity contribution is 5.28. The van der Waals surface area contributed by atoms with Crippen molar-refractivity contribution in [3.63, 3.8) is 0 Å². The van der Waals surface area contributed by atoms with E-state index in [9.17, 15) is 0 Å². The van der Waals surface area contributed by atoms with Crippen molar-refractivity contribution in [2.24, 2.45) is 0 Å². The maximum Gasteiger partial charge on any atom is 0.0236 e. The number of unbranched alkanes of at least 4 members (excludes halogenated alkanes) is 7. The van der Waals surface area contributed by atoms with Gasteiger partial charge in [-0.1, -0.05) is 76.1 Å². The lowest BCUT2D eigenvalue weighted by molar-refractivity contribution is 0.248. The van der Waals surface area contributed by atoms with Crippen LogP contribution in [0.4, 0.5) is 0 Å². The molecule has 0 atom stereocenters. The van der Waals surface area contributed by atoms with Crippen molar-refractivity contribution in [1.29, 1.82) is 0 Å². The van der Waals surface area contributed by atoms with E-state index in [0.29, 0.717) is 0 Å². The van der Waals surface area contributed by atoms with Crippen molar-refractivity contribution in [2.45, 2.75) is 71.3 Å². The van der Waals surface area contributed by atoms with Crippen molar-refractivity contribution >= 4 is 0 Å². The molecule has 0 N–H and O–H groups in total. The Morgan fingerprint density at radius 1 is 0.850 bits per heavy atom. The number of rotatable bonds is 9. The van der Waals surface area contributed by atoms with Gasteiger partial charge in [0.2, 0.25) is 0 Å². The van der Waals surface area contributed by atoms with E-state index in [1.54, 1.807) is 11.1 Å². The van der Waals surface area contributed by atoms with Crippen molar-refractivity contribution in [1.82, 2.24) is 4.90 Å². The summed E-state index contributed by atoms with van der Waals surface area (Å²) in [5.41, 5.74) is 3.12. The van der Waals surface area contributed by atoms with Gasteiger partial charge in [0, 0.05) is 13.1 Å². The summed E-state index contributed by atoms with van der Waals surface area (Å²) >= 11 is 0. The molecule has 1 aliphatic rings. The molecule has 1 aromatic rings. The highest BCUT2D eigenvalue weighted by Crippen LogP contribution is 2.19. The van der Waals surface area contributed by atoms with E-state index in [-0.39, 0.29) is 0 Å². The van der Waals surface area contributed by atoms with Gasteiger partial charge in [-0.25, -0.2) is 0 Å². The second-order valence-corrected chi connectivity index (χ2v) is 6.27. The average Bonchev–Trinajstić information content (AvgIpc) is 2.50. The fraction of sp³-hybridized carbons (Fsp3) is 0.684. The third-order valence-corrected chi connectivity index (χ3v) is 4.54. The van der Waals surface area contributed by atoms with Crippen LogP contribution in [0.3, 0.4) is 0 Å². The van der Waals surface area contributed by atoms with Crippen LogP contribution < -0.4 is 0 Å². The van der Waals surface area contributed by atoms with Crippen LogP contribution in [0.5, 0.6) is 0 Å². The van der Waals surface area contributed by atoms with Gasteiger partial charge in [-0.3, -0.25) is 4.90 Å². The first kappa shape index (κ1) is 15.6. The van der Waals surface area contributed by atoms with Gasteiger partial charge in [0.1, 0.15) is 0 Å². The Kier molecular flexibility index (Phi) is 7.14. The van der Waals surface area contributed by atoms with E-state index < -0.39 is 0 Å². The lowest BCUT2D eigenvalue weighted by atomic mass is 9.99. The van der Waals surface area contributed by atoms with Crippen molar-refractivity contribution in [3.8, 4) is 0 Å². The molecule has 0 saturated carbocycles. The molecule has 0 saturated heterocycles. The predicted octanol–water partition coefficient (Wildman–Crippen LogP) is 5.19. The molecule has 0 aliphatic carbocycles. The maximum atomic E-state index is 2.64. The van der Waals surface area contributed by atoms with Crippen LogP contribution in [0.15, 0.2) is 24.3 Å². The van der Waals surface area contributed by atoms with Gasteiger partial charge in [0.25, 0.3) is 0 Å². The minimum atomic E-state index is 1.17. The van der Waals surface area contributed by atoms with Gasteiger partial charge in [-0.05, 0) is 30.5 Å². The molecule has 112 valence electrons. The summed E-state index contributed by atoms with van der Waals surface area (Å²) in [4.78, 5) is 2.64. The summed E-state index contributed by atoms with van der Waals surface area (Å²) in [6, 6.07) is 8.95. The van der Waals surface area contributed by atoms with Crippen LogP contribution >= 0.6 is 0 Å². The Balaban J connectivity index is 1.53. The number of fused-ring (bicyclic) bond motifs is 1. The summed E-state index contributed by atoms with van der Waals surface area (Å²) < 4.78 is 0. The SMILES string of the molecule is CCCCCCCCCCN1CCc2ccccc2C1. The molecule has 0 radical (unpaired) electrons. The van der Waals surface area contributed by atoms with E-state index in [1.165, 1.54) is 77.4 Å². The normalized spacial score (nSPS) is 15.2. The Bertz CT molecular complexity index is 372. The minimum Gasteiger partial charge on any atom is -0.299 e. The molecule has 1 aromatic carbocycles. The van der Waals surface area contributed by atoms with Gasteiger partial charge < -0.3 is 0 Å². The van der Waals surface area contributed by atoms with E-state index >= 15 is 0 Å². The lowest BCUT2D eigenvalue weighted by Gasteiger charge is -2.28. The zero-order valence-corrected chi connectivity index (χ0v) is 13.2. The first-order valence-corrected chi connectivity index (χ1v) is 8.69. The zero-order chi connectivity index (χ0) is 14.0. The molecule has 0 aromatic heterocycles. The second-order valence-electron chi connectivity index (χ2n) is 6.27. The van der Waals surface area contributed by atoms with Gasteiger partial charge in [-0.15, -0.1) is 0 Å². The van der Waals surface area contributed by atoms with Gasteiger partial charge in [-0.2, -0.15) is 0 Å². The average molecular weight is 273 g/mol. The molecule has 2 rings (SSSR count). The van der Waals surface area contributed by atoms with Crippen LogP contribution in [0.1, 0.15) is 69.4 Å². The Labute approximate surface area is 125 Å². The van der Waals surface area contributed by atoms with Crippen molar-refractivity contribution in [2.75, 3.05) is 13.1 Å². The Morgan fingerprint density at radius 2 is 1.50 bits per heavy atom. The van der Waals surface area contributed by atoms with Gasteiger partial charge in [0.15, 0.2) is 0 Å². The molecular weight excluding hydrogens is 242 g/mol. The molecule has 1 aliphatic heterocycles.